The fourth-order valence-electron chi connectivity index (χ4n) is 3.45. The van der Waals surface area contributed by atoms with Gasteiger partial charge in [-0.3, -0.25) is 14.5 Å². The van der Waals surface area contributed by atoms with Crippen molar-refractivity contribution in [3.63, 3.8) is 0 Å². The topological polar surface area (TPSA) is 52.7 Å². The van der Waals surface area contributed by atoms with E-state index in [-0.39, 0.29) is 11.8 Å². The highest BCUT2D eigenvalue weighted by molar-refractivity contribution is 5.78. The molecule has 2 fully saturated rings. The Kier molecular flexibility index (Phi) is 4.80. The van der Waals surface area contributed by atoms with Gasteiger partial charge in [0, 0.05) is 32.1 Å². The molecule has 19 heavy (non-hydrogen) atoms. The van der Waals surface area contributed by atoms with Crippen LogP contribution in [0.3, 0.4) is 0 Å². The zero-order valence-corrected chi connectivity index (χ0v) is 12.0. The van der Waals surface area contributed by atoms with Gasteiger partial charge in [0.1, 0.15) is 0 Å². The molecule has 1 N–H and O–H groups in total. The van der Waals surface area contributed by atoms with Gasteiger partial charge in [0.25, 0.3) is 0 Å². The first-order valence-corrected chi connectivity index (χ1v) is 7.41. The molecular weight excluding hydrogens is 242 g/mol. The third kappa shape index (κ3) is 3.08. The Hall–Kier alpha value is -1.10. The summed E-state index contributed by atoms with van der Waals surface area (Å²) in [4.78, 5) is 27.9. The van der Waals surface area contributed by atoms with Crippen LogP contribution in [0.2, 0.25) is 0 Å². The lowest BCUT2D eigenvalue weighted by Gasteiger charge is -2.34. The first-order valence-electron chi connectivity index (χ1n) is 7.41. The average molecular weight is 267 g/mol. The Morgan fingerprint density at radius 3 is 2.53 bits per heavy atom. The van der Waals surface area contributed by atoms with E-state index in [0.29, 0.717) is 25.0 Å². The fourth-order valence-corrected chi connectivity index (χ4v) is 3.45. The Morgan fingerprint density at radius 1 is 1.16 bits per heavy atom. The summed E-state index contributed by atoms with van der Waals surface area (Å²) in [6.07, 6.45) is 5.00. The van der Waals surface area contributed by atoms with Crippen molar-refractivity contribution in [2.75, 3.05) is 26.7 Å². The van der Waals surface area contributed by atoms with Gasteiger partial charge in [0.15, 0.2) is 0 Å². The van der Waals surface area contributed by atoms with Crippen LogP contribution in [0.1, 0.15) is 39.0 Å². The number of amides is 2. The van der Waals surface area contributed by atoms with Crippen molar-refractivity contribution in [2.45, 2.75) is 51.1 Å². The van der Waals surface area contributed by atoms with Crippen LogP contribution in [0.25, 0.3) is 0 Å². The van der Waals surface area contributed by atoms with Crippen molar-refractivity contribution in [1.82, 2.24) is 15.1 Å². The summed E-state index contributed by atoms with van der Waals surface area (Å²) >= 11 is 0. The van der Waals surface area contributed by atoms with E-state index in [2.05, 4.69) is 10.2 Å². The molecule has 0 aromatic heterocycles. The van der Waals surface area contributed by atoms with Crippen LogP contribution in [-0.2, 0) is 9.59 Å². The number of nitrogens with one attached hydrogen (secondary N) is 1. The lowest BCUT2D eigenvalue weighted by molar-refractivity contribution is -0.132. The van der Waals surface area contributed by atoms with Crippen molar-refractivity contribution in [1.29, 1.82) is 0 Å². The molecule has 0 unspecified atom stereocenters. The van der Waals surface area contributed by atoms with Crippen LogP contribution in [0.5, 0.6) is 0 Å². The minimum Gasteiger partial charge on any atom is -0.358 e. The van der Waals surface area contributed by atoms with E-state index in [1.807, 2.05) is 11.8 Å². The second-order valence-electron chi connectivity index (χ2n) is 5.50. The van der Waals surface area contributed by atoms with Gasteiger partial charge in [-0.1, -0.05) is 6.92 Å². The van der Waals surface area contributed by atoms with E-state index in [9.17, 15) is 9.59 Å². The van der Waals surface area contributed by atoms with Gasteiger partial charge in [0.2, 0.25) is 11.8 Å². The summed E-state index contributed by atoms with van der Waals surface area (Å²) in [6, 6.07) is 0.690. The normalized spacial score (nSPS) is 27.8. The first kappa shape index (κ1) is 14.3. The molecule has 0 saturated carbocycles. The number of likely N-dealkylation sites (tertiary alicyclic amines) is 2. The highest BCUT2D eigenvalue weighted by Crippen LogP contribution is 2.30. The summed E-state index contributed by atoms with van der Waals surface area (Å²) in [5.74, 6) is 0.326. The first-order chi connectivity index (χ1) is 9.17. The molecule has 108 valence electrons. The maximum Gasteiger partial charge on any atom is 0.233 e. The molecule has 0 spiro atoms. The Morgan fingerprint density at radius 2 is 1.84 bits per heavy atom. The maximum absolute atomic E-state index is 12.0. The van der Waals surface area contributed by atoms with Crippen LogP contribution in [-0.4, -0.2) is 60.4 Å². The zero-order valence-electron chi connectivity index (χ0n) is 12.0. The van der Waals surface area contributed by atoms with E-state index in [4.69, 9.17) is 0 Å². The summed E-state index contributed by atoms with van der Waals surface area (Å²) in [5.41, 5.74) is 0. The number of hydrogen-bond acceptors (Lipinski definition) is 3. The van der Waals surface area contributed by atoms with Crippen molar-refractivity contribution < 1.29 is 9.59 Å². The number of carbonyl (C=O) groups excluding carboxylic acids is 2. The summed E-state index contributed by atoms with van der Waals surface area (Å²) < 4.78 is 0. The second-order valence-corrected chi connectivity index (χ2v) is 5.50. The third-order valence-electron chi connectivity index (χ3n) is 4.41. The van der Waals surface area contributed by atoms with E-state index in [1.165, 1.54) is 0 Å². The molecule has 0 aliphatic carbocycles. The molecule has 0 aromatic carbocycles. The molecule has 2 rings (SSSR count). The fraction of sp³-hybridized carbons (Fsp3) is 0.857. The van der Waals surface area contributed by atoms with Crippen LogP contribution in [0.15, 0.2) is 0 Å². The molecular formula is C14H25N3O2. The van der Waals surface area contributed by atoms with Crippen molar-refractivity contribution in [3.8, 4) is 0 Å². The standard InChI is InChI=1S/C14H25N3O2/c1-3-14(19)17-9-5-7-12(17)11-6-4-8-16(11)10-13(18)15-2/h11-12H,3-10H2,1-2H3,(H,15,18)/t11-,12-/m1/s1. The van der Waals surface area contributed by atoms with E-state index < -0.39 is 0 Å². The zero-order chi connectivity index (χ0) is 13.8. The average Bonchev–Trinajstić information content (AvgIpc) is 3.05. The SMILES string of the molecule is CCC(=O)N1CCC[C@@H]1[C@H]1CCCN1CC(=O)NC. The molecule has 0 aromatic rings. The second kappa shape index (κ2) is 6.37. The number of carbonyl (C=O) groups is 2. The molecule has 5 nitrogen and oxygen atoms in total. The predicted molar refractivity (Wildman–Crippen MR) is 73.7 cm³/mol. The Labute approximate surface area is 115 Å². The molecule has 2 atom stereocenters. The summed E-state index contributed by atoms with van der Waals surface area (Å²) in [5, 5.41) is 2.69. The highest BCUT2D eigenvalue weighted by atomic mass is 16.2. The number of rotatable bonds is 4. The van der Waals surface area contributed by atoms with Crippen molar-refractivity contribution >= 4 is 11.8 Å². The predicted octanol–water partition coefficient (Wildman–Crippen LogP) is 0.598. The Bertz CT molecular complexity index is 346. The van der Waals surface area contributed by atoms with Crippen LogP contribution in [0, 0.1) is 0 Å². The van der Waals surface area contributed by atoms with E-state index >= 15 is 0 Å². The minimum atomic E-state index is 0.0678. The molecule has 2 aliphatic heterocycles. The van der Waals surface area contributed by atoms with E-state index in [0.717, 1.165) is 38.8 Å². The highest BCUT2D eigenvalue weighted by Gasteiger charge is 2.39. The van der Waals surface area contributed by atoms with Crippen LogP contribution >= 0.6 is 0 Å². The van der Waals surface area contributed by atoms with Gasteiger partial charge in [-0.05, 0) is 32.2 Å². The van der Waals surface area contributed by atoms with Gasteiger partial charge in [-0.2, -0.15) is 0 Å². The molecule has 2 amide bonds. The molecule has 2 aliphatic rings. The minimum absolute atomic E-state index is 0.0678. The van der Waals surface area contributed by atoms with Gasteiger partial charge in [-0.15, -0.1) is 0 Å². The van der Waals surface area contributed by atoms with Crippen molar-refractivity contribution in [2.24, 2.45) is 0 Å². The number of likely N-dealkylation sites (N-methyl/N-ethyl adjacent to an activating group) is 1. The van der Waals surface area contributed by atoms with Crippen LogP contribution < -0.4 is 5.32 Å². The maximum atomic E-state index is 12.0. The summed E-state index contributed by atoms with van der Waals surface area (Å²) in [6.45, 7) is 4.25. The Balaban J connectivity index is 2.02. The van der Waals surface area contributed by atoms with Crippen molar-refractivity contribution in [3.05, 3.63) is 0 Å². The quantitative estimate of drug-likeness (QED) is 0.811. The lowest BCUT2D eigenvalue weighted by atomic mass is 10.0. The van der Waals surface area contributed by atoms with Gasteiger partial charge >= 0.3 is 0 Å². The number of nitrogens with zero attached hydrogens (tertiary/aromatic N) is 2. The third-order valence-corrected chi connectivity index (χ3v) is 4.41. The monoisotopic (exact) mass is 267 g/mol. The van der Waals surface area contributed by atoms with E-state index in [1.54, 1.807) is 7.05 Å². The smallest absolute Gasteiger partial charge is 0.233 e. The molecule has 5 heteroatoms. The van der Waals surface area contributed by atoms with Gasteiger partial charge in [-0.25, -0.2) is 0 Å². The molecule has 2 saturated heterocycles. The van der Waals surface area contributed by atoms with Crippen LogP contribution in [0.4, 0.5) is 0 Å². The molecule has 2 heterocycles. The molecule has 0 radical (unpaired) electrons. The largest absolute Gasteiger partial charge is 0.358 e. The van der Waals surface area contributed by atoms with Gasteiger partial charge < -0.3 is 10.2 Å². The summed E-state index contributed by atoms with van der Waals surface area (Å²) in [7, 11) is 1.68. The van der Waals surface area contributed by atoms with Gasteiger partial charge in [0.05, 0.1) is 6.54 Å². The molecule has 0 bridgehead atoms. The number of hydrogen-bond donors (Lipinski definition) is 1. The lowest BCUT2D eigenvalue weighted by Crippen LogP contribution is -2.50.